The minimum atomic E-state index is -0.134. The van der Waals surface area contributed by atoms with Crippen LogP contribution >= 0.6 is 0 Å². The highest BCUT2D eigenvalue weighted by molar-refractivity contribution is 6.56. The molecule has 1 aliphatic carbocycles. The average Bonchev–Trinajstić information content (AvgIpc) is 2.44. The fourth-order valence-corrected chi connectivity index (χ4v) is 3.44. The lowest BCUT2D eigenvalue weighted by Crippen LogP contribution is -2.28. The summed E-state index contributed by atoms with van der Waals surface area (Å²) in [5, 5.41) is 0. The van der Waals surface area contributed by atoms with E-state index in [9.17, 15) is 0 Å². The van der Waals surface area contributed by atoms with Crippen LogP contribution in [-0.2, 0) is 9.31 Å². The first-order chi connectivity index (χ1) is 7.54. The summed E-state index contributed by atoms with van der Waals surface area (Å²) in [5.41, 5.74) is 6.26. The molecule has 0 aromatic heterocycles. The van der Waals surface area contributed by atoms with Crippen molar-refractivity contribution >= 4 is 17.4 Å². The number of hydrogen-bond acceptors (Lipinski definition) is 2. The summed E-state index contributed by atoms with van der Waals surface area (Å²) in [5.74, 6) is 0. The molecule has 0 bridgehead atoms. The Morgan fingerprint density at radius 1 is 1.06 bits per heavy atom. The predicted molar refractivity (Wildman–Crippen MR) is 73.8 cm³/mol. The molecule has 1 atom stereocenters. The average molecular weight is 238 g/mol. The molecule has 0 saturated carbocycles. The zero-order valence-corrected chi connectivity index (χ0v) is 13.4. The second-order valence-corrected chi connectivity index (χ2v) is 5.51. The molecule has 1 aliphatic rings. The van der Waals surface area contributed by atoms with Gasteiger partial charge < -0.3 is 9.31 Å². The van der Waals surface area contributed by atoms with Crippen molar-refractivity contribution in [3.63, 3.8) is 0 Å². The Labute approximate surface area is 103 Å². The van der Waals surface area contributed by atoms with Crippen LogP contribution in [0.3, 0.4) is 0 Å². The molecule has 0 amide bonds. The summed E-state index contributed by atoms with van der Waals surface area (Å²) in [6, 6.07) is 0. The molecular weight excluding hydrogens is 215 g/mol. The molecule has 0 aromatic rings. The van der Waals surface area contributed by atoms with E-state index in [2.05, 4.69) is 20.8 Å². The van der Waals surface area contributed by atoms with E-state index in [1.807, 2.05) is 13.8 Å². The van der Waals surface area contributed by atoms with Gasteiger partial charge >= 0.3 is 7.12 Å². The lowest BCUT2D eigenvalue weighted by Gasteiger charge is -2.19. The van der Waals surface area contributed by atoms with Gasteiger partial charge in [0.25, 0.3) is 0 Å². The van der Waals surface area contributed by atoms with Gasteiger partial charge in [-0.15, -0.1) is 0 Å². The highest BCUT2D eigenvalue weighted by Gasteiger charge is 2.34. The van der Waals surface area contributed by atoms with Crippen molar-refractivity contribution in [2.75, 3.05) is 13.2 Å². The Morgan fingerprint density at radius 2 is 1.56 bits per heavy atom. The van der Waals surface area contributed by atoms with E-state index < -0.39 is 0 Å². The lowest BCUT2D eigenvalue weighted by molar-refractivity contribution is 0.220. The first-order valence-electron chi connectivity index (χ1n) is 6.16. The van der Waals surface area contributed by atoms with Crippen LogP contribution in [0.1, 0.15) is 34.6 Å². The fourth-order valence-electron chi connectivity index (χ4n) is 2.31. The molecule has 16 heavy (non-hydrogen) atoms. The van der Waals surface area contributed by atoms with Crippen LogP contribution < -0.4 is 0 Å². The van der Waals surface area contributed by atoms with Crippen LogP contribution in [0.15, 0.2) is 22.2 Å². The SMILES string of the molecule is CCOB(OCC)C1=C(C)C(C)=C(C)C1[SiH3]. The van der Waals surface area contributed by atoms with Crippen molar-refractivity contribution < 1.29 is 9.31 Å². The van der Waals surface area contributed by atoms with E-state index >= 15 is 0 Å². The maximum atomic E-state index is 5.72. The Morgan fingerprint density at radius 3 is 1.88 bits per heavy atom. The molecule has 0 radical (unpaired) electrons. The zero-order valence-electron chi connectivity index (χ0n) is 11.4. The largest absolute Gasteiger partial charge is 0.490 e. The molecular formula is C12H23BO2Si. The summed E-state index contributed by atoms with van der Waals surface area (Å²) in [6.07, 6.45) is 0. The smallest absolute Gasteiger partial charge is 0.408 e. The maximum Gasteiger partial charge on any atom is 0.490 e. The number of rotatable bonds is 5. The summed E-state index contributed by atoms with van der Waals surface area (Å²) in [6.45, 7) is 12.1. The molecule has 0 spiro atoms. The van der Waals surface area contributed by atoms with E-state index in [-0.39, 0.29) is 7.12 Å². The van der Waals surface area contributed by atoms with Gasteiger partial charge in [-0.3, -0.25) is 0 Å². The minimum Gasteiger partial charge on any atom is -0.408 e. The first kappa shape index (κ1) is 13.7. The summed E-state index contributed by atoms with van der Waals surface area (Å²) in [4.78, 5) is 0. The van der Waals surface area contributed by atoms with Gasteiger partial charge in [0.1, 0.15) is 0 Å². The Kier molecular flexibility index (Phi) is 5.02. The molecule has 2 nitrogen and oxygen atoms in total. The highest BCUT2D eigenvalue weighted by atomic mass is 28.1. The molecule has 4 heteroatoms. The van der Waals surface area contributed by atoms with Crippen molar-refractivity contribution in [3.8, 4) is 0 Å². The molecule has 0 fully saturated rings. The Hall–Kier alpha value is -0.318. The molecule has 0 aromatic carbocycles. The lowest BCUT2D eigenvalue weighted by atomic mass is 9.74. The van der Waals surface area contributed by atoms with Crippen LogP contribution in [0.25, 0.3) is 0 Å². The standard InChI is InChI=1S/C12H23BO2Si/c1-6-14-13(15-7-2)11-9(4)8(3)10(5)12(11)16/h12H,6-7H2,1-5,16H3. The van der Waals surface area contributed by atoms with Gasteiger partial charge in [0.2, 0.25) is 0 Å². The van der Waals surface area contributed by atoms with Crippen LogP contribution in [0.2, 0.25) is 5.54 Å². The van der Waals surface area contributed by atoms with Gasteiger partial charge in [0.05, 0.1) is 0 Å². The van der Waals surface area contributed by atoms with E-state index in [1.54, 1.807) is 0 Å². The van der Waals surface area contributed by atoms with Gasteiger partial charge in [-0.25, -0.2) is 0 Å². The van der Waals surface area contributed by atoms with Crippen LogP contribution in [0.5, 0.6) is 0 Å². The monoisotopic (exact) mass is 238 g/mol. The Bertz CT molecular complexity index is 317. The normalized spacial score (nSPS) is 21.2. The van der Waals surface area contributed by atoms with Gasteiger partial charge in [-0.2, -0.15) is 0 Å². The third kappa shape index (κ3) is 2.50. The van der Waals surface area contributed by atoms with Crippen molar-refractivity contribution in [1.29, 1.82) is 0 Å². The fraction of sp³-hybridized carbons (Fsp3) is 0.667. The van der Waals surface area contributed by atoms with Crippen molar-refractivity contribution in [1.82, 2.24) is 0 Å². The molecule has 1 unspecified atom stereocenters. The van der Waals surface area contributed by atoms with Crippen LogP contribution in [0.4, 0.5) is 0 Å². The topological polar surface area (TPSA) is 18.5 Å². The third-order valence-electron chi connectivity index (χ3n) is 3.59. The van der Waals surface area contributed by atoms with E-state index in [0.29, 0.717) is 18.8 Å². The second kappa shape index (κ2) is 5.85. The number of hydrogen-bond donors (Lipinski definition) is 0. The number of allylic oxidation sites excluding steroid dienone is 4. The molecule has 0 heterocycles. The van der Waals surface area contributed by atoms with Gasteiger partial charge in [-0.1, -0.05) is 11.1 Å². The van der Waals surface area contributed by atoms with Crippen molar-refractivity contribution in [2.24, 2.45) is 0 Å². The summed E-state index contributed by atoms with van der Waals surface area (Å²) in [7, 11) is 0.998. The van der Waals surface area contributed by atoms with E-state index in [4.69, 9.17) is 9.31 Å². The highest BCUT2D eigenvalue weighted by Crippen LogP contribution is 2.40. The molecule has 0 saturated heterocycles. The minimum absolute atomic E-state index is 0.134. The molecule has 0 N–H and O–H groups in total. The van der Waals surface area contributed by atoms with Crippen molar-refractivity contribution in [3.05, 3.63) is 22.2 Å². The summed E-state index contributed by atoms with van der Waals surface area (Å²) >= 11 is 0. The van der Waals surface area contributed by atoms with Gasteiger partial charge in [0, 0.05) is 23.5 Å². The molecule has 90 valence electrons. The van der Waals surface area contributed by atoms with Crippen molar-refractivity contribution in [2.45, 2.75) is 40.2 Å². The maximum absolute atomic E-state index is 5.72. The van der Waals surface area contributed by atoms with E-state index in [1.165, 1.54) is 22.2 Å². The second-order valence-electron chi connectivity index (χ2n) is 4.35. The molecule has 0 aliphatic heterocycles. The van der Waals surface area contributed by atoms with Gasteiger partial charge in [0.15, 0.2) is 0 Å². The third-order valence-corrected chi connectivity index (χ3v) is 5.08. The Balaban J connectivity index is 2.95. The quantitative estimate of drug-likeness (QED) is 0.681. The van der Waals surface area contributed by atoms with Gasteiger partial charge in [-0.05, 0) is 51.2 Å². The summed E-state index contributed by atoms with van der Waals surface area (Å²) < 4.78 is 11.4. The van der Waals surface area contributed by atoms with Crippen LogP contribution in [0, 0.1) is 0 Å². The molecule has 1 rings (SSSR count). The first-order valence-corrected chi connectivity index (χ1v) is 7.31. The van der Waals surface area contributed by atoms with E-state index in [0.717, 1.165) is 10.2 Å². The van der Waals surface area contributed by atoms with Crippen LogP contribution in [-0.4, -0.2) is 30.6 Å². The zero-order chi connectivity index (χ0) is 12.3. The predicted octanol–water partition coefficient (Wildman–Crippen LogP) is 1.91.